The number of piperazine rings is 1. The van der Waals surface area contributed by atoms with Crippen LogP contribution >= 0.6 is 11.6 Å². The second-order valence-electron chi connectivity index (χ2n) is 4.80. The van der Waals surface area contributed by atoms with E-state index in [9.17, 15) is 0 Å². The summed E-state index contributed by atoms with van der Waals surface area (Å²) in [5, 5.41) is 9.79. The second-order valence-corrected chi connectivity index (χ2v) is 5.21. The van der Waals surface area contributed by atoms with Crippen molar-refractivity contribution in [2.45, 2.75) is 13.0 Å². The molecule has 1 aliphatic heterocycles. The third-order valence-electron chi connectivity index (χ3n) is 3.73. The van der Waals surface area contributed by atoms with Crippen LogP contribution in [0.1, 0.15) is 18.5 Å². The molecule has 1 heterocycles. The number of rotatable bonds is 4. The molecule has 18 heavy (non-hydrogen) atoms. The zero-order valence-electron chi connectivity index (χ0n) is 10.8. The van der Waals surface area contributed by atoms with Crippen LogP contribution < -0.4 is 0 Å². The summed E-state index contributed by atoms with van der Waals surface area (Å²) in [6.07, 6.45) is 0. The van der Waals surface area contributed by atoms with Crippen LogP contribution in [0, 0.1) is 0 Å². The van der Waals surface area contributed by atoms with Gasteiger partial charge in [0.15, 0.2) is 0 Å². The van der Waals surface area contributed by atoms with Crippen molar-refractivity contribution in [3.63, 3.8) is 0 Å². The predicted octanol–water partition coefficient (Wildman–Crippen LogP) is 2.01. The van der Waals surface area contributed by atoms with Crippen LogP contribution in [-0.4, -0.2) is 54.2 Å². The first kappa shape index (κ1) is 13.8. The van der Waals surface area contributed by atoms with Crippen LogP contribution in [-0.2, 0) is 0 Å². The van der Waals surface area contributed by atoms with Crippen LogP contribution in [0.5, 0.6) is 0 Å². The largest absolute Gasteiger partial charge is 0.395 e. The number of hydrogen-bond donors (Lipinski definition) is 1. The first-order valence-electron chi connectivity index (χ1n) is 6.54. The van der Waals surface area contributed by atoms with Crippen molar-refractivity contribution < 1.29 is 5.11 Å². The van der Waals surface area contributed by atoms with E-state index in [1.165, 1.54) is 5.56 Å². The van der Waals surface area contributed by atoms with Gasteiger partial charge >= 0.3 is 0 Å². The molecule has 0 aliphatic carbocycles. The number of β-amino-alcohol motifs (C(OH)–C–C–N with tert-alkyl or cyclic N) is 1. The third-order valence-corrected chi connectivity index (χ3v) is 4.07. The summed E-state index contributed by atoms with van der Waals surface area (Å²) < 4.78 is 0. The highest BCUT2D eigenvalue weighted by Gasteiger charge is 2.22. The van der Waals surface area contributed by atoms with Crippen molar-refractivity contribution in [3.8, 4) is 0 Å². The van der Waals surface area contributed by atoms with E-state index in [0.717, 1.165) is 37.7 Å². The van der Waals surface area contributed by atoms with E-state index in [-0.39, 0.29) is 6.61 Å². The average Bonchev–Trinajstić information content (AvgIpc) is 2.40. The third kappa shape index (κ3) is 3.23. The quantitative estimate of drug-likeness (QED) is 0.905. The summed E-state index contributed by atoms with van der Waals surface area (Å²) in [5.41, 5.74) is 1.20. The van der Waals surface area contributed by atoms with E-state index < -0.39 is 0 Å². The Morgan fingerprint density at radius 1 is 1.22 bits per heavy atom. The number of nitrogens with zero attached hydrogens (tertiary/aromatic N) is 2. The number of aliphatic hydroxyl groups is 1. The summed E-state index contributed by atoms with van der Waals surface area (Å²) in [4.78, 5) is 4.75. The van der Waals surface area contributed by atoms with Gasteiger partial charge in [-0.05, 0) is 18.6 Å². The van der Waals surface area contributed by atoms with Gasteiger partial charge < -0.3 is 5.11 Å². The van der Waals surface area contributed by atoms with Gasteiger partial charge in [0.25, 0.3) is 0 Å². The molecule has 0 unspecified atom stereocenters. The van der Waals surface area contributed by atoms with E-state index >= 15 is 0 Å². The van der Waals surface area contributed by atoms with Crippen molar-refractivity contribution in [1.82, 2.24) is 9.80 Å². The van der Waals surface area contributed by atoms with Crippen molar-refractivity contribution in [1.29, 1.82) is 0 Å². The molecule has 1 saturated heterocycles. The predicted molar refractivity (Wildman–Crippen MR) is 75.0 cm³/mol. The summed E-state index contributed by atoms with van der Waals surface area (Å²) >= 11 is 6.25. The molecular weight excluding hydrogens is 248 g/mol. The molecule has 1 N–H and O–H groups in total. The Hall–Kier alpha value is -0.610. The molecule has 0 bridgehead atoms. The molecule has 0 spiro atoms. The molecule has 1 fully saturated rings. The number of benzene rings is 1. The highest BCUT2D eigenvalue weighted by molar-refractivity contribution is 6.31. The minimum Gasteiger partial charge on any atom is -0.395 e. The molecule has 1 aliphatic rings. The second kappa shape index (κ2) is 6.53. The fourth-order valence-electron chi connectivity index (χ4n) is 2.53. The monoisotopic (exact) mass is 268 g/mol. The summed E-state index contributed by atoms with van der Waals surface area (Å²) in [6, 6.07) is 8.43. The number of aliphatic hydroxyl groups excluding tert-OH is 1. The Labute approximate surface area is 114 Å². The van der Waals surface area contributed by atoms with E-state index in [1.54, 1.807) is 0 Å². The Morgan fingerprint density at radius 2 is 1.89 bits per heavy atom. The topological polar surface area (TPSA) is 26.7 Å². The Balaban J connectivity index is 1.95. The maximum absolute atomic E-state index is 8.94. The standard InChI is InChI=1S/C14H21ClN2O/c1-12(13-4-2-3-5-14(13)15)17-8-6-16(7-9-17)10-11-18/h2-5,12,18H,6-11H2,1H3/t12-/m1/s1. The van der Waals surface area contributed by atoms with E-state index in [2.05, 4.69) is 22.8 Å². The van der Waals surface area contributed by atoms with Crippen LogP contribution in [0.15, 0.2) is 24.3 Å². The molecule has 1 aromatic carbocycles. The molecule has 1 atom stereocenters. The Kier molecular flexibility index (Phi) is 5.01. The van der Waals surface area contributed by atoms with Gasteiger partial charge in [0.05, 0.1) is 6.61 Å². The molecule has 0 radical (unpaired) electrons. The van der Waals surface area contributed by atoms with Gasteiger partial charge in [0, 0.05) is 43.8 Å². The normalized spacial score (nSPS) is 19.9. The Bertz CT molecular complexity index is 378. The maximum atomic E-state index is 8.94. The summed E-state index contributed by atoms with van der Waals surface area (Å²) in [7, 11) is 0. The zero-order chi connectivity index (χ0) is 13.0. The maximum Gasteiger partial charge on any atom is 0.0558 e. The van der Waals surface area contributed by atoms with Gasteiger partial charge in [0.1, 0.15) is 0 Å². The van der Waals surface area contributed by atoms with Crippen molar-refractivity contribution in [2.75, 3.05) is 39.3 Å². The SMILES string of the molecule is C[C@H](c1ccccc1Cl)N1CCN(CCO)CC1. The molecule has 0 amide bonds. The Morgan fingerprint density at radius 3 is 2.50 bits per heavy atom. The van der Waals surface area contributed by atoms with Gasteiger partial charge in [-0.15, -0.1) is 0 Å². The molecular formula is C14H21ClN2O. The lowest BCUT2D eigenvalue weighted by atomic mass is 10.1. The smallest absolute Gasteiger partial charge is 0.0558 e. The lowest BCUT2D eigenvalue weighted by molar-refractivity contribution is 0.0888. The van der Waals surface area contributed by atoms with Gasteiger partial charge in [-0.2, -0.15) is 0 Å². The van der Waals surface area contributed by atoms with Crippen LogP contribution in [0.4, 0.5) is 0 Å². The van der Waals surface area contributed by atoms with Gasteiger partial charge in [-0.1, -0.05) is 29.8 Å². The van der Waals surface area contributed by atoms with Crippen molar-refractivity contribution in [2.24, 2.45) is 0 Å². The molecule has 2 rings (SSSR count). The van der Waals surface area contributed by atoms with E-state index in [0.29, 0.717) is 6.04 Å². The van der Waals surface area contributed by atoms with Crippen LogP contribution in [0.3, 0.4) is 0 Å². The van der Waals surface area contributed by atoms with Gasteiger partial charge in [0.2, 0.25) is 0 Å². The highest BCUT2D eigenvalue weighted by Crippen LogP contribution is 2.27. The first-order chi connectivity index (χ1) is 8.72. The fraction of sp³-hybridized carbons (Fsp3) is 0.571. The van der Waals surface area contributed by atoms with E-state index in [1.807, 2.05) is 18.2 Å². The van der Waals surface area contributed by atoms with Crippen LogP contribution in [0.25, 0.3) is 0 Å². The molecule has 0 saturated carbocycles. The van der Waals surface area contributed by atoms with E-state index in [4.69, 9.17) is 16.7 Å². The highest BCUT2D eigenvalue weighted by atomic mass is 35.5. The molecule has 100 valence electrons. The van der Waals surface area contributed by atoms with Crippen molar-refractivity contribution in [3.05, 3.63) is 34.9 Å². The fourth-order valence-corrected chi connectivity index (χ4v) is 2.82. The summed E-state index contributed by atoms with van der Waals surface area (Å²) in [6.45, 7) is 7.36. The van der Waals surface area contributed by atoms with Crippen molar-refractivity contribution >= 4 is 11.6 Å². The number of halogens is 1. The number of hydrogen-bond acceptors (Lipinski definition) is 3. The van der Waals surface area contributed by atoms with Gasteiger partial charge in [-0.25, -0.2) is 0 Å². The lowest BCUT2D eigenvalue weighted by Crippen LogP contribution is -2.47. The average molecular weight is 269 g/mol. The molecule has 4 heteroatoms. The minimum atomic E-state index is 0.250. The summed E-state index contributed by atoms with van der Waals surface area (Å²) in [5.74, 6) is 0. The molecule has 3 nitrogen and oxygen atoms in total. The molecule has 0 aromatic heterocycles. The van der Waals surface area contributed by atoms with Gasteiger partial charge in [-0.3, -0.25) is 9.80 Å². The lowest BCUT2D eigenvalue weighted by Gasteiger charge is -2.38. The minimum absolute atomic E-state index is 0.250. The zero-order valence-corrected chi connectivity index (χ0v) is 11.6. The van der Waals surface area contributed by atoms with Crippen LogP contribution in [0.2, 0.25) is 5.02 Å². The molecule has 1 aromatic rings. The first-order valence-corrected chi connectivity index (χ1v) is 6.92.